The molecule has 0 aliphatic carbocycles. The molecule has 148 valence electrons. The van der Waals surface area contributed by atoms with Crippen molar-refractivity contribution in [2.45, 2.75) is 27.7 Å². The number of benzene rings is 1. The standard InChI is InChI=1S/C19H32N4O2.HI/c1-7-21-18(22-14-19(3,4)17(24)20-5)23(6)12-13-25-16-10-8-15(2)9-11-16;/h8-11H,7,12-14H2,1-6H3,(H,20,24)(H,21,22);1H. The third-order valence-corrected chi connectivity index (χ3v) is 3.88. The molecule has 26 heavy (non-hydrogen) atoms. The third-order valence-electron chi connectivity index (χ3n) is 3.88. The molecule has 7 heteroatoms. The van der Waals surface area contributed by atoms with E-state index in [4.69, 9.17) is 4.74 Å². The first-order chi connectivity index (χ1) is 11.8. The molecule has 0 bridgehead atoms. The molecule has 1 aromatic rings. The summed E-state index contributed by atoms with van der Waals surface area (Å²) in [5.74, 6) is 1.62. The smallest absolute Gasteiger partial charge is 0.227 e. The number of likely N-dealkylation sites (N-methyl/N-ethyl adjacent to an activating group) is 1. The SMILES string of the molecule is CCNC(=NCC(C)(C)C(=O)NC)N(C)CCOc1ccc(C)cc1.I. The predicted octanol–water partition coefficient (Wildman–Crippen LogP) is 2.66. The fourth-order valence-electron chi connectivity index (χ4n) is 2.19. The van der Waals surface area contributed by atoms with Crippen LogP contribution in [0.5, 0.6) is 5.75 Å². The van der Waals surface area contributed by atoms with Crippen LogP contribution in [-0.4, -0.2) is 57.1 Å². The van der Waals surface area contributed by atoms with Gasteiger partial charge in [-0.15, -0.1) is 24.0 Å². The molecule has 1 amide bonds. The van der Waals surface area contributed by atoms with Gasteiger partial charge in [0.05, 0.1) is 18.5 Å². The van der Waals surface area contributed by atoms with Gasteiger partial charge in [-0.3, -0.25) is 9.79 Å². The minimum absolute atomic E-state index is 0. The second-order valence-electron chi connectivity index (χ2n) is 6.72. The molecule has 0 fully saturated rings. The Bertz CT molecular complexity index is 573. The molecule has 0 aliphatic heterocycles. The lowest BCUT2D eigenvalue weighted by atomic mass is 9.93. The number of aliphatic imine (C=N–C) groups is 1. The van der Waals surface area contributed by atoms with Crippen LogP contribution in [-0.2, 0) is 4.79 Å². The molecule has 1 rings (SSSR count). The third kappa shape index (κ3) is 8.25. The first kappa shape index (κ1) is 24.5. The summed E-state index contributed by atoms with van der Waals surface area (Å²) in [6, 6.07) is 8.01. The van der Waals surface area contributed by atoms with Crippen molar-refractivity contribution in [1.82, 2.24) is 15.5 Å². The van der Waals surface area contributed by atoms with E-state index in [0.29, 0.717) is 19.7 Å². The van der Waals surface area contributed by atoms with Gasteiger partial charge >= 0.3 is 0 Å². The van der Waals surface area contributed by atoms with Crippen LogP contribution in [0.2, 0.25) is 0 Å². The molecule has 0 saturated carbocycles. The Kier molecular flexibility index (Phi) is 11.3. The summed E-state index contributed by atoms with van der Waals surface area (Å²) in [6.07, 6.45) is 0. The van der Waals surface area contributed by atoms with Crippen LogP contribution in [0.4, 0.5) is 0 Å². The van der Waals surface area contributed by atoms with Gasteiger partial charge in [0, 0.05) is 20.6 Å². The summed E-state index contributed by atoms with van der Waals surface area (Å²) in [6.45, 7) is 10.3. The fourth-order valence-corrected chi connectivity index (χ4v) is 2.19. The first-order valence-corrected chi connectivity index (χ1v) is 8.71. The summed E-state index contributed by atoms with van der Waals surface area (Å²) in [5, 5.41) is 5.94. The number of amides is 1. The number of carbonyl (C=O) groups is 1. The highest BCUT2D eigenvalue weighted by atomic mass is 127. The monoisotopic (exact) mass is 476 g/mol. The molecular formula is C19H33IN4O2. The molecule has 0 saturated heterocycles. The number of hydrogen-bond acceptors (Lipinski definition) is 3. The minimum Gasteiger partial charge on any atom is -0.492 e. The molecule has 0 aromatic heterocycles. The largest absolute Gasteiger partial charge is 0.492 e. The second kappa shape index (κ2) is 12.0. The summed E-state index contributed by atoms with van der Waals surface area (Å²) in [5.41, 5.74) is 0.666. The predicted molar refractivity (Wildman–Crippen MR) is 119 cm³/mol. The molecule has 0 aliphatic rings. The zero-order chi connectivity index (χ0) is 18.9. The summed E-state index contributed by atoms with van der Waals surface area (Å²) in [4.78, 5) is 18.5. The van der Waals surface area contributed by atoms with E-state index in [1.807, 2.05) is 57.0 Å². The second-order valence-corrected chi connectivity index (χ2v) is 6.72. The van der Waals surface area contributed by atoms with Gasteiger partial charge in [-0.25, -0.2) is 0 Å². The van der Waals surface area contributed by atoms with E-state index in [9.17, 15) is 4.79 Å². The van der Waals surface area contributed by atoms with Crippen molar-refractivity contribution in [3.8, 4) is 5.75 Å². The number of hydrogen-bond donors (Lipinski definition) is 2. The van der Waals surface area contributed by atoms with E-state index in [2.05, 4.69) is 22.5 Å². The maximum Gasteiger partial charge on any atom is 0.227 e. The van der Waals surface area contributed by atoms with Gasteiger partial charge in [0.15, 0.2) is 5.96 Å². The molecular weight excluding hydrogens is 443 g/mol. The molecule has 0 spiro atoms. The van der Waals surface area contributed by atoms with Crippen molar-refractivity contribution in [1.29, 1.82) is 0 Å². The van der Waals surface area contributed by atoms with Crippen LogP contribution in [0, 0.1) is 12.3 Å². The number of guanidine groups is 1. The Hall–Kier alpha value is -1.51. The van der Waals surface area contributed by atoms with Crippen LogP contribution >= 0.6 is 24.0 Å². The first-order valence-electron chi connectivity index (χ1n) is 8.71. The lowest BCUT2D eigenvalue weighted by molar-refractivity contribution is -0.128. The number of nitrogens with one attached hydrogen (secondary N) is 2. The van der Waals surface area contributed by atoms with Gasteiger partial charge in [0.2, 0.25) is 5.91 Å². The van der Waals surface area contributed by atoms with Crippen molar-refractivity contribution in [3.05, 3.63) is 29.8 Å². The van der Waals surface area contributed by atoms with Gasteiger partial charge in [-0.2, -0.15) is 0 Å². The van der Waals surface area contributed by atoms with Gasteiger partial charge in [-0.05, 0) is 39.8 Å². The normalized spacial score (nSPS) is 11.4. The topological polar surface area (TPSA) is 66.0 Å². The van der Waals surface area contributed by atoms with Crippen molar-refractivity contribution in [2.75, 3.05) is 40.3 Å². The molecule has 0 atom stereocenters. The van der Waals surface area contributed by atoms with E-state index in [-0.39, 0.29) is 29.9 Å². The van der Waals surface area contributed by atoms with Crippen LogP contribution in [0.1, 0.15) is 26.3 Å². The lowest BCUT2D eigenvalue weighted by Gasteiger charge is -2.25. The quantitative estimate of drug-likeness (QED) is 0.344. The number of rotatable bonds is 8. The molecule has 0 heterocycles. The molecule has 0 radical (unpaired) electrons. The zero-order valence-electron chi connectivity index (χ0n) is 16.8. The van der Waals surface area contributed by atoms with Crippen LogP contribution in [0.3, 0.4) is 0 Å². The minimum atomic E-state index is -0.547. The maximum absolute atomic E-state index is 11.9. The average molecular weight is 476 g/mol. The highest BCUT2D eigenvalue weighted by molar-refractivity contribution is 14.0. The average Bonchev–Trinajstić information content (AvgIpc) is 2.59. The highest BCUT2D eigenvalue weighted by Gasteiger charge is 2.26. The van der Waals surface area contributed by atoms with Gasteiger partial charge in [-0.1, -0.05) is 17.7 Å². The van der Waals surface area contributed by atoms with E-state index < -0.39 is 5.41 Å². The number of carbonyl (C=O) groups excluding carboxylic acids is 1. The van der Waals surface area contributed by atoms with Crippen molar-refractivity contribution in [3.63, 3.8) is 0 Å². The number of ether oxygens (including phenoxy) is 1. The highest BCUT2D eigenvalue weighted by Crippen LogP contribution is 2.15. The van der Waals surface area contributed by atoms with Crippen LogP contribution in [0.25, 0.3) is 0 Å². The van der Waals surface area contributed by atoms with Gasteiger partial charge in [0.1, 0.15) is 12.4 Å². The Morgan fingerprint density at radius 3 is 2.42 bits per heavy atom. The van der Waals surface area contributed by atoms with E-state index in [1.54, 1.807) is 7.05 Å². The Labute approximate surface area is 174 Å². The number of halogens is 1. The molecule has 1 aromatic carbocycles. The van der Waals surface area contributed by atoms with Crippen LogP contribution < -0.4 is 15.4 Å². The molecule has 6 nitrogen and oxygen atoms in total. The summed E-state index contributed by atoms with van der Waals surface area (Å²) in [7, 11) is 3.61. The molecule has 0 unspecified atom stereocenters. The van der Waals surface area contributed by atoms with E-state index in [1.165, 1.54) is 5.56 Å². The lowest BCUT2D eigenvalue weighted by Crippen LogP contribution is -2.43. The summed E-state index contributed by atoms with van der Waals surface area (Å²) < 4.78 is 5.77. The van der Waals surface area contributed by atoms with Crippen molar-refractivity contribution >= 4 is 35.8 Å². The maximum atomic E-state index is 11.9. The fraction of sp³-hybridized carbons (Fsp3) is 0.579. The van der Waals surface area contributed by atoms with Crippen molar-refractivity contribution < 1.29 is 9.53 Å². The number of aryl methyl sites for hydroxylation is 1. The van der Waals surface area contributed by atoms with Gasteiger partial charge in [0.25, 0.3) is 0 Å². The Morgan fingerprint density at radius 2 is 1.88 bits per heavy atom. The zero-order valence-corrected chi connectivity index (χ0v) is 19.1. The van der Waals surface area contributed by atoms with Gasteiger partial charge < -0.3 is 20.3 Å². The van der Waals surface area contributed by atoms with E-state index >= 15 is 0 Å². The Morgan fingerprint density at radius 1 is 1.27 bits per heavy atom. The summed E-state index contributed by atoms with van der Waals surface area (Å²) >= 11 is 0. The van der Waals surface area contributed by atoms with Crippen LogP contribution in [0.15, 0.2) is 29.3 Å². The molecule has 2 N–H and O–H groups in total. The number of nitrogens with zero attached hydrogens (tertiary/aromatic N) is 2. The Balaban J connectivity index is 0.00000625. The van der Waals surface area contributed by atoms with Crippen molar-refractivity contribution in [2.24, 2.45) is 10.4 Å². The van der Waals surface area contributed by atoms with E-state index in [0.717, 1.165) is 18.3 Å².